The number of β-lactam (4-membered cyclic amide) rings is 1. The molecular weight excluding hydrogens is 362 g/mol. The van der Waals surface area contributed by atoms with Crippen molar-refractivity contribution in [1.82, 2.24) is 4.90 Å². The van der Waals surface area contributed by atoms with E-state index >= 15 is 0 Å². The van der Waals surface area contributed by atoms with Crippen LogP contribution >= 0.6 is 11.8 Å². The lowest BCUT2D eigenvalue weighted by Crippen LogP contribution is -2.51. The van der Waals surface area contributed by atoms with Crippen LogP contribution in [0.2, 0.25) is 0 Å². The summed E-state index contributed by atoms with van der Waals surface area (Å²) in [4.78, 5) is 14.1. The first-order chi connectivity index (χ1) is 13.8. The lowest BCUT2D eigenvalue weighted by Gasteiger charge is -2.46. The summed E-state index contributed by atoms with van der Waals surface area (Å²) in [6, 6.07) is 32.0. The molecule has 1 saturated heterocycles. The van der Waals surface area contributed by atoms with E-state index in [2.05, 4.69) is 97.2 Å². The summed E-state index contributed by atoms with van der Waals surface area (Å²) in [6.07, 6.45) is 2.78. The second-order valence-corrected chi connectivity index (χ2v) is 8.44. The van der Waals surface area contributed by atoms with Gasteiger partial charge in [0, 0.05) is 12.0 Å². The van der Waals surface area contributed by atoms with Gasteiger partial charge in [-0.15, -0.1) is 11.8 Å². The van der Waals surface area contributed by atoms with Crippen molar-refractivity contribution < 1.29 is 4.79 Å². The predicted octanol–water partition coefficient (Wildman–Crippen LogP) is 5.21. The molecule has 0 aromatic heterocycles. The molecule has 1 amide bonds. The average Bonchev–Trinajstić information content (AvgIpc) is 2.77. The van der Waals surface area contributed by atoms with Gasteiger partial charge in [-0.2, -0.15) is 0 Å². The molecule has 3 aromatic carbocycles. The molecule has 1 unspecified atom stereocenters. The number of hydrogen-bond donors (Lipinski definition) is 0. The van der Waals surface area contributed by atoms with Crippen LogP contribution in [-0.4, -0.2) is 21.9 Å². The second kappa shape index (κ2) is 6.99. The molecule has 2 aliphatic rings. The fourth-order valence-corrected chi connectivity index (χ4v) is 5.67. The fourth-order valence-electron chi connectivity index (χ4n) is 4.41. The number of carbonyl (C=O) groups is 1. The van der Waals surface area contributed by atoms with Crippen molar-refractivity contribution in [3.8, 4) is 0 Å². The summed E-state index contributed by atoms with van der Waals surface area (Å²) >= 11 is 1.87. The highest BCUT2D eigenvalue weighted by Gasteiger charge is 2.45. The standard InChI is InChI=1S/C25H21NOS/c27-23-16-24-26(23)17-22(18-28-24)25(19-10-4-1-5-11-19,20-12-6-2-7-13-20)21-14-8-3-9-15-21/h1-15,17,24H,16,18H2. The molecule has 3 aromatic rings. The molecule has 138 valence electrons. The van der Waals surface area contributed by atoms with Crippen molar-refractivity contribution >= 4 is 17.7 Å². The minimum absolute atomic E-state index is 0.220. The maximum atomic E-state index is 12.2. The van der Waals surface area contributed by atoms with Gasteiger partial charge in [-0.3, -0.25) is 4.79 Å². The molecule has 2 aliphatic heterocycles. The summed E-state index contributed by atoms with van der Waals surface area (Å²) in [5.74, 6) is 1.13. The Morgan fingerprint density at radius 3 is 1.64 bits per heavy atom. The van der Waals surface area contributed by atoms with Gasteiger partial charge >= 0.3 is 0 Å². The van der Waals surface area contributed by atoms with Crippen LogP contribution in [0.3, 0.4) is 0 Å². The van der Waals surface area contributed by atoms with Crippen molar-refractivity contribution in [1.29, 1.82) is 0 Å². The highest BCUT2D eigenvalue weighted by molar-refractivity contribution is 8.00. The Bertz CT molecular complexity index is 918. The van der Waals surface area contributed by atoms with Gasteiger partial charge in [0.2, 0.25) is 5.91 Å². The summed E-state index contributed by atoms with van der Waals surface area (Å²) in [5.41, 5.74) is 4.52. The SMILES string of the molecule is O=C1CC2SCC(C(c3ccccc3)(c3ccccc3)c3ccccc3)=CN12. The Morgan fingerprint density at radius 2 is 1.21 bits per heavy atom. The molecule has 3 heteroatoms. The van der Waals surface area contributed by atoms with E-state index in [1.165, 1.54) is 22.3 Å². The molecule has 1 fully saturated rings. The largest absolute Gasteiger partial charge is 0.306 e. The number of rotatable bonds is 4. The zero-order valence-corrected chi connectivity index (χ0v) is 16.3. The normalized spacial score (nSPS) is 18.9. The Kier molecular flexibility index (Phi) is 4.33. The maximum absolute atomic E-state index is 12.2. The molecule has 5 rings (SSSR count). The number of hydrogen-bond acceptors (Lipinski definition) is 2. The van der Waals surface area contributed by atoms with E-state index in [0.29, 0.717) is 11.8 Å². The minimum Gasteiger partial charge on any atom is -0.306 e. The molecule has 2 nitrogen and oxygen atoms in total. The van der Waals surface area contributed by atoms with Gasteiger partial charge < -0.3 is 4.90 Å². The first-order valence-electron chi connectivity index (χ1n) is 9.60. The molecule has 0 bridgehead atoms. The number of carbonyl (C=O) groups excluding carboxylic acids is 1. The molecule has 0 N–H and O–H groups in total. The fraction of sp³-hybridized carbons (Fsp3) is 0.160. The predicted molar refractivity (Wildman–Crippen MR) is 115 cm³/mol. The van der Waals surface area contributed by atoms with Gasteiger partial charge in [-0.05, 0) is 22.3 Å². The lowest BCUT2D eigenvalue weighted by atomic mass is 9.65. The van der Waals surface area contributed by atoms with Gasteiger partial charge in [0.15, 0.2) is 0 Å². The van der Waals surface area contributed by atoms with Crippen LogP contribution in [0.4, 0.5) is 0 Å². The van der Waals surface area contributed by atoms with Crippen LogP contribution < -0.4 is 0 Å². The van der Waals surface area contributed by atoms with Crippen LogP contribution in [0.25, 0.3) is 0 Å². The van der Waals surface area contributed by atoms with E-state index in [9.17, 15) is 4.79 Å². The summed E-state index contributed by atoms with van der Waals surface area (Å²) < 4.78 is 0. The van der Waals surface area contributed by atoms with E-state index < -0.39 is 5.41 Å². The third-order valence-electron chi connectivity index (χ3n) is 5.78. The summed E-state index contributed by atoms with van der Waals surface area (Å²) in [5, 5.41) is 0.302. The Labute approximate surface area is 169 Å². The van der Waals surface area contributed by atoms with Crippen LogP contribution in [0.1, 0.15) is 23.1 Å². The number of amides is 1. The molecule has 1 atom stereocenters. The van der Waals surface area contributed by atoms with Gasteiger partial charge in [-0.25, -0.2) is 0 Å². The molecule has 28 heavy (non-hydrogen) atoms. The number of thioether (sulfide) groups is 1. The number of benzene rings is 3. The number of nitrogens with zero attached hydrogens (tertiary/aromatic N) is 1. The summed E-state index contributed by atoms with van der Waals surface area (Å²) in [6.45, 7) is 0. The highest BCUT2D eigenvalue weighted by Crippen LogP contribution is 2.49. The lowest BCUT2D eigenvalue weighted by molar-refractivity contribution is -0.137. The zero-order valence-electron chi connectivity index (χ0n) is 15.5. The van der Waals surface area contributed by atoms with Crippen LogP contribution in [0.15, 0.2) is 103 Å². The third kappa shape index (κ3) is 2.61. The van der Waals surface area contributed by atoms with Gasteiger partial charge in [-0.1, -0.05) is 91.0 Å². The Balaban J connectivity index is 1.82. The van der Waals surface area contributed by atoms with E-state index in [1.807, 2.05) is 16.7 Å². The quantitative estimate of drug-likeness (QED) is 0.455. The van der Waals surface area contributed by atoms with Crippen molar-refractivity contribution in [3.05, 3.63) is 119 Å². The monoisotopic (exact) mass is 383 g/mol. The average molecular weight is 384 g/mol. The molecule has 0 aliphatic carbocycles. The third-order valence-corrected chi connectivity index (χ3v) is 7.03. The highest BCUT2D eigenvalue weighted by atomic mass is 32.2. The van der Waals surface area contributed by atoms with Gasteiger partial charge in [0.1, 0.15) is 0 Å². The van der Waals surface area contributed by atoms with Crippen LogP contribution in [-0.2, 0) is 10.2 Å². The smallest absolute Gasteiger partial charge is 0.230 e. The maximum Gasteiger partial charge on any atom is 0.230 e. The first-order valence-corrected chi connectivity index (χ1v) is 10.7. The van der Waals surface area contributed by atoms with Crippen LogP contribution in [0.5, 0.6) is 0 Å². The van der Waals surface area contributed by atoms with Crippen LogP contribution in [0, 0.1) is 0 Å². The molecule has 0 saturated carbocycles. The second-order valence-electron chi connectivity index (χ2n) is 7.27. The minimum atomic E-state index is -0.419. The molecule has 0 radical (unpaired) electrons. The van der Waals surface area contributed by atoms with E-state index in [0.717, 1.165) is 5.75 Å². The summed E-state index contributed by atoms with van der Waals surface area (Å²) in [7, 11) is 0. The topological polar surface area (TPSA) is 20.3 Å². The van der Waals surface area contributed by atoms with Gasteiger partial charge in [0.05, 0.1) is 17.2 Å². The van der Waals surface area contributed by atoms with Crippen molar-refractivity contribution in [3.63, 3.8) is 0 Å². The Hall–Kier alpha value is -2.78. The van der Waals surface area contributed by atoms with E-state index in [1.54, 1.807) is 0 Å². The molecule has 2 heterocycles. The van der Waals surface area contributed by atoms with E-state index in [4.69, 9.17) is 0 Å². The van der Waals surface area contributed by atoms with E-state index in [-0.39, 0.29) is 5.91 Å². The number of fused-ring (bicyclic) bond motifs is 1. The van der Waals surface area contributed by atoms with Crippen molar-refractivity contribution in [2.24, 2.45) is 0 Å². The molecular formula is C25H21NOS. The zero-order chi connectivity index (χ0) is 19.0. The molecule has 0 spiro atoms. The van der Waals surface area contributed by atoms with Gasteiger partial charge in [0.25, 0.3) is 0 Å². The Morgan fingerprint density at radius 1 is 0.750 bits per heavy atom. The van der Waals surface area contributed by atoms with Crippen molar-refractivity contribution in [2.45, 2.75) is 17.2 Å². The van der Waals surface area contributed by atoms with Crippen molar-refractivity contribution in [2.75, 3.05) is 5.75 Å². The first kappa shape index (κ1) is 17.3.